The van der Waals surface area contributed by atoms with Gasteiger partial charge in [0.1, 0.15) is 0 Å². The van der Waals surface area contributed by atoms with Gasteiger partial charge in [-0.3, -0.25) is 9.58 Å². The molecule has 1 fully saturated rings. The Morgan fingerprint density at radius 1 is 1.22 bits per heavy atom. The first-order valence-electron chi connectivity index (χ1n) is 9.71. The molecule has 0 radical (unpaired) electrons. The van der Waals surface area contributed by atoms with E-state index in [1.54, 1.807) is 13.3 Å². The molecular weight excluding hydrogens is 342 g/mol. The summed E-state index contributed by atoms with van der Waals surface area (Å²) in [5.41, 5.74) is 2.06. The van der Waals surface area contributed by atoms with Crippen LogP contribution >= 0.6 is 0 Å². The number of methoxy groups -OCH3 is 1. The van der Waals surface area contributed by atoms with Crippen molar-refractivity contribution in [3.63, 3.8) is 0 Å². The maximum absolute atomic E-state index is 10.6. The number of benzene rings is 1. The molecule has 1 saturated heterocycles. The summed E-state index contributed by atoms with van der Waals surface area (Å²) in [5.74, 6) is 0. The summed E-state index contributed by atoms with van der Waals surface area (Å²) in [6, 6.07) is 10.4. The lowest BCUT2D eigenvalue weighted by Gasteiger charge is -2.45. The van der Waals surface area contributed by atoms with E-state index in [1.807, 2.05) is 16.9 Å². The fourth-order valence-electron chi connectivity index (χ4n) is 4.10. The second kappa shape index (κ2) is 9.46. The maximum Gasteiger partial charge on any atom is 0.0662 e. The van der Waals surface area contributed by atoms with Gasteiger partial charge in [-0.2, -0.15) is 5.10 Å². The number of hydrogen-bond acceptors (Lipinski definition) is 5. The second-order valence-corrected chi connectivity index (χ2v) is 7.60. The van der Waals surface area contributed by atoms with Crippen LogP contribution in [-0.2, 0) is 17.8 Å². The van der Waals surface area contributed by atoms with Gasteiger partial charge in [0.2, 0.25) is 0 Å². The number of hydrogen-bond donors (Lipinski definition) is 2. The third kappa shape index (κ3) is 4.96. The Morgan fingerprint density at radius 2 is 2.00 bits per heavy atom. The van der Waals surface area contributed by atoms with Crippen LogP contribution in [0.25, 0.3) is 0 Å². The number of rotatable bonds is 9. The van der Waals surface area contributed by atoms with Crippen molar-refractivity contribution in [2.75, 3.05) is 33.4 Å². The van der Waals surface area contributed by atoms with Crippen molar-refractivity contribution in [3.05, 3.63) is 53.9 Å². The molecule has 1 aromatic carbocycles. The van der Waals surface area contributed by atoms with Gasteiger partial charge in [-0.1, -0.05) is 24.3 Å². The zero-order valence-electron chi connectivity index (χ0n) is 16.1. The number of piperidine rings is 1. The molecule has 148 valence electrons. The van der Waals surface area contributed by atoms with Gasteiger partial charge in [0.05, 0.1) is 19.3 Å². The summed E-state index contributed by atoms with van der Waals surface area (Å²) in [5, 5.41) is 25.0. The van der Waals surface area contributed by atoms with Gasteiger partial charge in [-0.05, 0) is 36.5 Å². The lowest BCUT2D eigenvalue weighted by atomic mass is 9.74. The summed E-state index contributed by atoms with van der Waals surface area (Å²) < 4.78 is 7.09. The molecule has 27 heavy (non-hydrogen) atoms. The maximum atomic E-state index is 10.6. The van der Waals surface area contributed by atoms with Crippen LogP contribution in [0.3, 0.4) is 0 Å². The highest BCUT2D eigenvalue weighted by atomic mass is 16.5. The lowest BCUT2D eigenvalue weighted by Crippen LogP contribution is -2.53. The van der Waals surface area contributed by atoms with Gasteiger partial charge in [-0.15, -0.1) is 0 Å². The van der Waals surface area contributed by atoms with E-state index >= 15 is 0 Å². The third-order valence-corrected chi connectivity index (χ3v) is 5.71. The van der Waals surface area contributed by atoms with Crippen LogP contribution in [0.4, 0.5) is 0 Å². The summed E-state index contributed by atoms with van der Waals surface area (Å²) in [6.07, 6.45) is 5.61. The molecule has 0 bridgehead atoms. The fourth-order valence-corrected chi connectivity index (χ4v) is 4.10. The smallest absolute Gasteiger partial charge is 0.0662 e. The molecule has 0 spiro atoms. The van der Waals surface area contributed by atoms with Crippen molar-refractivity contribution in [1.82, 2.24) is 14.7 Å². The Balaban J connectivity index is 1.70. The van der Waals surface area contributed by atoms with Crippen molar-refractivity contribution in [1.29, 1.82) is 0 Å². The van der Waals surface area contributed by atoms with Crippen LogP contribution in [0.15, 0.2) is 42.7 Å². The van der Waals surface area contributed by atoms with Crippen molar-refractivity contribution < 1.29 is 14.9 Å². The predicted octanol–water partition coefficient (Wildman–Crippen LogP) is 1.90. The minimum atomic E-state index is -0.465. The van der Waals surface area contributed by atoms with Crippen molar-refractivity contribution in [3.8, 4) is 0 Å². The standard InChI is InChI=1S/C21H31N3O3/c1-27-13-4-9-21(17-25)16-23(12-8-20(21)26)14-18-6-2-3-7-19(18)15-24-11-5-10-22-24/h2-3,5-7,10-11,20,25-26H,4,8-9,12-17H2,1H3/t20-,21+/m1/s1. The zero-order chi connectivity index (χ0) is 19.1. The van der Waals surface area contributed by atoms with Gasteiger partial charge in [0, 0.05) is 51.2 Å². The number of aliphatic hydroxyl groups excluding tert-OH is 2. The zero-order valence-corrected chi connectivity index (χ0v) is 16.1. The van der Waals surface area contributed by atoms with E-state index in [2.05, 4.69) is 34.3 Å². The van der Waals surface area contributed by atoms with Crippen molar-refractivity contribution in [2.45, 2.75) is 38.5 Å². The van der Waals surface area contributed by atoms with Crippen LogP contribution < -0.4 is 0 Å². The molecule has 0 amide bonds. The SMILES string of the molecule is COCCC[C@@]1(CO)CN(Cc2ccccc2Cn2cccn2)CC[C@H]1O. The van der Waals surface area contributed by atoms with Crippen LogP contribution in [0.1, 0.15) is 30.4 Å². The molecule has 1 aromatic heterocycles. The van der Waals surface area contributed by atoms with Crippen LogP contribution in [0.2, 0.25) is 0 Å². The lowest BCUT2D eigenvalue weighted by molar-refractivity contribution is -0.0843. The van der Waals surface area contributed by atoms with E-state index in [0.717, 1.165) is 32.5 Å². The van der Waals surface area contributed by atoms with Gasteiger partial charge in [0.15, 0.2) is 0 Å². The Labute approximate surface area is 161 Å². The molecule has 2 heterocycles. The summed E-state index contributed by atoms with van der Waals surface area (Å²) in [4.78, 5) is 2.36. The molecule has 0 aliphatic carbocycles. The van der Waals surface area contributed by atoms with E-state index < -0.39 is 11.5 Å². The van der Waals surface area contributed by atoms with Gasteiger partial charge in [-0.25, -0.2) is 0 Å². The number of ether oxygens (including phenoxy) is 1. The minimum Gasteiger partial charge on any atom is -0.396 e. The van der Waals surface area contributed by atoms with Crippen LogP contribution in [0, 0.1) is 5.41 Å². The van der Waals surface area contributed by atoms with E-state index in [1.165, 1.54) is 11.1 Å². The Morgan fingerprint density at radius 3 is 2.67 bits per heavy atom. The number of aromatic nitrogens is 2. The highest BCUT2D eigenvalue weighted by molar-refractivity contribution is 5.27. The first kappa shape index (κ1) is 20.0. The highest BCUT2D eigenvalue weighted by Gasteiger charge is 2.41. The monoisotopic (exact) mass is 373 g/mol. The van der Waals surface area contributed by atoms with Crippen LogP contribution in [0.5, 0.6) is 0 Å². The first-order valence-corrected chi connectivity index (χ1v) is 9.71. The third-order valence-electron chi connectivity index (χ3n) is 5.71. The summed E-state index contributed by atoms with van der Waals surface area (Å²) >= 11 is 0. The van der Waals surface area contributed by atoms with E-state index in [0.29, 0.717) is 19.6 Å². The molecule has 2 aromatic rings. The quantitative estimate of drug-likeness (QED) is 0.657. The Kier molecular flexibility index (Phi) is 7.01. The van der Waals surface area contributed by atoms with Crippen molar-refractivity contribution >= 4 is 0 Å². The molecule has 2 atom stereocenters. The van der Waals surface area contributed by atoms with E-state index in [4.69, 9.17) is 4.74 Å². The molecule has 2 N–H and O–H groups in total. The minimum absolute atomic E-state index is 0.00329. The average Bonchev–Trinajstić information content (AvgIpc) is 3.19. The molecule has 3 rings (SSSR count). The molecule has 0 saturated carbocycles. The molecular formula is C21H31N3O3. The molecule has 1 aliphatic heterocycles. The van der Waals surface area contributed by atoms with Crippen LogP contribution in [-0.4, -0.2) is 64.4 Å². The van der Waals surface area contributed by atoms with Crippen molar-refractivity contribution in [2.24, 2.45) is 5.41 Å². The Hall–Kier alpha value is -1.73. The average molecular weight is 373 g/mol. The molecule has 0 unspecified atom stereocenters. The van der Waals surface area contributed by atoms with E-state index in [9.17, 15) is 10.2 Å². The van der Waals surface area contributed by atoms with Gasteiger partial charge >= 0.3 is 0 Å². The number of likely N-dealkylation sites (tertiary alicyclic amines) is 1. The first-order chi connectivity index (χ1) is 13.2. The summed E-state index contributed by atoms with van der Waals surface area (Å²) in [7, 11) is 1.69. The molecule has 1 aliphatic rings. The summed E-state index contributed by atoms with van der Waals surface area (Å²) in [6.45, 7) is 3.76. The van der Waals surface area contributed by atoms with E-state index in [-0.39, 0.29) is 6.61 Å². The second-order valence-electron chi connectivity index (χ2n) is 7.60. The van der Waals surface area contributed by atoms with Gasteiger partial charge in [0.25, 0.3) is 0 Å². The number of aliphatic hydroxyl groups is 2. The number of nitrogens with zero attached hydrogens (tertiary/aromatic N) is 3. The molecule has 6 heteroatoms. The Bertz CT molecular complexity index is 692. The van der Waals surface area contributed by atoms with Gasteiger partial charge < -0.3 is 14.9 Å². The normalized spacial score (nSPS) is 23.6. The molecule has 6 nitrogen and oxygen atoms in total. The largest absolute Gasteiger partial charge is 0.396 e. The fraction of sp³-hybridized carbons (Fsp3) is 0.571. The topological polar surface area (TPSA) is 70.8 Å². The predicted molar refractivity (Wildman–Crippen MR) is 104 cm³/mol. The highest BCUT2D eigenvalue weighted by Crippen LogP contribution is 2.35.